The fourth-order valence-corrected chi connectivity index (χ4v) is 2.57. The van der Waals surface area contributed by atoms with Crippen molar-refractivity contribution in [1.29, 1.82) is 0 Å². The number of esters is 1. The predicted octanol–water partition coefficient (Wildman–Crippen LogP) is 1.18. The zero-order valence-corrected chi connectivity index (χ0v) is 17.6. The molecule has 0 radical (unpaired) electrons. The van der Waals surface area contributed by atoms with Crippen LogP contribution >= 0.6 is 0 Å². The van der Waals surface area contributed by atoms with Crippen LogP contribution < -0.4 is 10.6 Å². The molecule has 0 spiro atoms. The van der Waals surface area contributed by atoms with Crippen LogP contribution in [-0.2, 0) is 23.8 Å². The van der Waals surface area contributed by atoms with E-state index in [1.807, 2.05) is 0 Å². The number of methoxy groups -OCH3 is 1. The van der Waals surface area contributed by atoms with Crippen LogP contribution in [0.1, 0.15) is 48.0 Å². The Morgan fingerprint density at radius 3 is 2.07 bits per heavy atom. The van der Waals surface area contributed by atoms with Crippen LogP contribution in [0.25, 0.3) is 0 Å². The minimum Gasteiger partial charge on any atom is -0.467 e. The Hall–Kier alpha value is -2.52. The molecule has 1 rings (SSSR count). The average molecular weight is 401 g/mol. The van der Waals surface area contributed by atoms with Crippen LogP contribution in [0.2, 0.25) is 0 Å². The molecule has 10 heteroatoms. The van der Waals surface area contributed by atoms with E-state index in [4.69, 9.17) is 14.2 Å². The van der Waals surface area contributed by atoms with Crippen LogP contribution in [0, 0.1) is 0 Å². The summed E-state index contributed by atoms with van der Waals surface area (Å²) in [5.41, 5.74) is -1.40. The first-order chi connectivity index (χ1) is 12.7. The van der Waals surface area contributed by atoms with Gasteiger partial charge in [-0.25, -0.2) is 14.4 Å². The molecule has 1 aliphatic heterocycles. The second-order valence-electron chi connectivity index (χ2n) is 8.53. The van der Waals surface area contributed by atoms with Crippen molar-refractivity contribution in [1.82, 2.24) is 15.5 Å². The van der Waals surface area contributed by atoms with Gasteiger partial charge in [-0.15, -0.1) is 0 Å². The van der Waals surface area contributed by atoms with Gasteiger partial charge in [0, 0.05) is 19.0 Å². The molecule has 0 aromatic carbocycles. The Kier molecular flexibility index (Phi) is 7.66. The fourth-order valence-electron chi connectivity index (χ4n) is 2.57. The molecule has 0 aliphatic carbocycles. The molecule has 2 N–H and O–H groups in total. The summed E-state index contributed by atoms with van der Waals surface area (Å²) in [6, 6.07) is -1.34. The fraction of sp³-hybridized carbons (Fsp3) is 0.778. The van der Waals surface area contributed by atoms with E-state index in [0.717, 1.165) is 0 Å². The third-order valence-corrected chi connectivity index (χ3v) is 3.56. The number of hydrogen-bond acceptors (Lipinski definition) is 7. The van der Waals surface area contributed by atoms with Crippen LogP contribution in [0.5, 0.6) is 0 Å². The van der Waals surface area contributed by atoms with Gasteiger partial charge in [0.1, 0.15) is 23.8 Å². The van der Waals surface area contributed by atoms with Gasteiger partial charge in [0.2, 0.25) is 5.91 Å². The van der Waals surface area contributed by atoms with Crippen molar-refractivity contribution in [3.63, 3.8) is 0 Å². The number of rotatable bonds is 4. The Morgan fingerprint density at radius 2 is 1.57 bits per heavy atom. The van der Waals surface area contributed by atoms with Crippen molar-refractivity contribution in [3.8, 4) is 0 Å². The Balaban J connectivity index is 2.64. The van der Waals surface area contributed by atoms with E-state index < -0.39 is 47.3 Å². The molecular formula is C18H31N3O7. The van der Waals surface area contributed by atoms with E-state index in [-0.39, 0.29) is 19.5 Å². The molecule has 1 fully saturated rings. The Bertz CT molecular complexity index is 607. The molecule has 10 nitrogen and oxygen atoms in total. The highest BCUT2D eigenvalue weighted by Crippen LogP contribution is 2.22. The highest BCUT2D eigenvalue weighted by atomic mass is 16.6. The molecule has 1 saturated heterocycles. The molecule has 0 aromatic rings. The minimum absolute atomic E-state index is 0.0901. The molecule has 0 unspecified atom stereocenters. The van der Waals surface area contributed by atoms with Gasteiger partial charge in [0.25, 0.3) is 0 Å². The van der Waals surface area contributed by atoms with E-state index in [0.29, 0.717) is 0 Å². The number of likely N-dealkylation sites (tertiary alicyclic amines) is 1. The molecule has 28 heavy (non-hydrogen) atoms. The van der Waals surface area contributed by atoms with Crippen molar-refractivity contribution in [3.05, 3.63) is 0 Å². The standard InChI is InChI=1S/C18H31N3O7/c1-17(2,3)27-15(24)19-9-13(22)20-11-8-12(14(23)26-7)21(10-11)16(25)28-18(4,5)6/h11-12H,8-10H2,1-7H3,(H,19,24)(H,20,22)/t11-,12-/m0/s1. The van der Waals surface area contributed by atoms with E-state index in [1.165, 1.54) is 12.0 Å². The van der Waals surface area contributed by atoms with Crippen LogP contribution in [0.3, 0.4) is 0 Å². The summed E-state index contributed by atoms with van der Waals surface area (Å²) in [6.07, 6.45) is -1.19. The van der Waals surface area contributed by atoms with Crippen LogP contribution in [0.4, 0.5) is 9.59 Å². The highest BCUT2D eigenvalue weighted by molar-refractivity contribution is 5.84. The van der Waals surface area contributed by atoms with Gasteiger partial charge in [0.05, 0.1) is 7.11 Å². The number of alkyl carbamates (subject to hydrolysis) is 1. The quantitative estimate of drug-likeness (QED) is 0.535. The van der Waals surface area contributed by atoms with Gasteiger partial charge in [-0.05, 0) is 41.5 Å². The van der Waals surface area contributed by atoms with E-state index in [2.05, 4.69) is 10.6 Å². The lowest BCUT2D eigenvalue weighted by Crippen LogP contribution is -2.45. The number of carbonyl (C=O) groups is 4. The predicted molar refractivity (Wildman–Crippen MR) is 99.5 cm³/mol. The summed E-state index contributed by atoms with van der Waals surface area (Å²) in [5, 5.41) is 5.04. The van der Waals surface area contributed by atoms with Crippen molar-refractivity contribution >= 4 is 24.1 Å². The SMILES string of the molecule is COC(=O)[C@@H]1C[C@H](NC(=O)CNC(=O)OC(C)(C)C)CN1C(=O)OC(C)(C)C. The maximum Gasteiger partial charge on any atom is 0.411 e. The smallest absolute Gasteiger partial charge is 0.411 e. The van der Waals surface area contributed by atoms with Crippen molar-refractivity contribution in [2.75, 3.05) is 20.2 Å². The van der Waals surface area contributed by atoms with Gasteiger partial charge in [-0.2, -0.15) is 0 Å². The van der Waals surface area contributed by atoms with Crippen molar-refractivity contribution in [2.45, 2.75) is 71.2 Å². The largest absolute Gasteiger partial charge is 0.467 e. The monoisotopic (exact) mass is 401 g/mol. The molecule has 0 saturated carbocycles. The second kappa shape index (κ2) is 9.11. The summed E-state index contributed by atoms with van der Waals surface area (Å²) >= 11 is 0. The Labute approximate surface area is 165 Å². The third-order valence-electron chi connectivity index (χ3n) is 3.56. The normalized spacial score (nSPS) is 19.6. The zero-order valence-electron chi connectivity index (χ0n) is 17.6. The minimum atomic E-state index is -0.857. The highest BCUT2D eigenvalue weighted by Gasteiger charge is 2.42. The maximum absolute atomic E-state index is 12.4. The number of nitrogens with one attached hydrogen (secondary N) is 2. The average Bonchev–Trinajstić information content (AvgIpc) is 2.93. The first-order valence-electron chi connectivity index (χ1n) is 9.05. The van der Waals surface area contributed by atoms with E-state index in [1.54, 1.807) is 41.5 Å². The molecule has 160 valence electrons. The van der Waals surface area contributed by atoms with Crippen LogP contribution in [-0.4, -0.2) is 72.4 Å². The zero-order chi connectivity index (χ0) is 21.7. The lowest BCUT2D eigenvalue weighted by molar-refractivity contribution is -0.145. The molecule has 1 aliphatic rings. The van der Waals surface area contributed by atoms with Gasteiger partial charge >= 0.3 is 18.2 Å². The topological polar surface area (TPSA) is 123 Å². The summed E-state index contributed by atoms with van der Waals surface area (Å²) < 4.78 is 15.1. The Morgan fingerprint density at radius 1 is 1.00 bits per heavy atom. The van der Waals surface area contributed by atoms with Crippen LogP contribution in [0.15, 0.2) is 0 Å². The van der Waals surface area contributed by atoms with E-state index in [9.17, 15) is 19.2 Å². The first kappa shape index (κ1) is 23.5. The number of amides is 3. The van der Waals surface area contributed by atoms with Crippen molar-refractivity contribution in [2.24, 2.45) is 0 Å². The molecule has 0 bridgehead atoms. The third kappa shape index (κ3) is 8.01. The summed E-state index contributed by atoms with van der Waals surface area (Å²) in [4.78, 5) is 49.3. The van der Waals surface area contributed by atoms with Gasteiger partial charge in [0.15, 0.2) is 0 Å². The lowest BCUT2D eigenvalue weighted by atomic mass is 10.1. The molecular weight excluding hydrogens is 370 g/mol. The molecule has 1 heterocycles. The number of nitrogens with zero attached hydrogens (tertiary/aromatic N) is 1. The van der Waals surface area contributed by atoms with Gasteiger partial charge in [-0.3, -0.25) is 9.69 Å². The first-order valence-corrected chi connectivity index (χ1v) is 9.05. The number of hydrogen-bond donors (Lipinski definition) is 2. The summed E-state index contributed by atoms with van der Waals surface area (Å²) in [7, 11) is 1.23. The maximum atomic E-state index is 12.4. The van der Waals surface area contributed by atoms with Gasteiger partial charge in [-0.1, -0.05) is 0 Å². The molecule has 2 atom stereocenters. The van der Waals surface area contributed by atoms with Crippen molar-refractivity contribution < 1.29 is 33.4 Å². The molecule has 3 amide bonds. The molecule has 0 aromatic heterocycles. The van der Waals surface area contributed by atoms with E-state index >= 15 is 0 Å². The summed E-state index contributed by atoms with van der Waals surface area (Å²) in [5.74, 6) is -1.06. The number of carbonyl (C=O) groups excluding carboxylic acids is 4. The van der Waals surface area contributed by atoms with Gasteiger partial charge < -0.3 is 24.8 Å². The lowest BCUT2D eigenvalue weighted by Gasteiger charge is -2.27. The summed E-state index contributed by atoms with van der Waals surface area (Å²) in [6.45, 7) is 10.1. The number of ether oxygens (including phenoxy) is 3. The second-order valence-corrected chi connectivity index (χ2v) is 8.53.